The van der Waals surface area contributed by atoms with Crippen LogP contribution in [0.5, 0.6) is 0 Å². The fourth-order valence-corrected chi connectivity index (χ4v) is 5.87. The van der Waals surface area contributed by atoms with E-state index in [9.17, 15) is 18.0 Å². The molecule has 3 heterocycles. The van der Waals surface area contributed by atoms with Gasteiger partial charge in [0.25, 0.3) is 0 Å². The summed E-state index contributed by atoms with van der Waals surface area (Å²) in [5.41, 5.74) is 0.652. The standard InChI is InChI=1S/C19H19N3O5S2/c23-17(12-22-18(20-27-19(22)24)14-5-2-1-3-6-14)21(11-16-7-4-9-28-16)15-8-10-29(25,26)13-15/h1-7,9,15H,8,10-13H2. The molecule has 1 saturated heterocycles. The zero-order valence-corrected chi connectivity index (χ0v) is 17.1. The first kappa shape index (κ1) is 19.6. The van der Waals surface area contributed by atoms with Crippen LogP contribution in [0.4, 0.5) is 0 Å². The van der Waals surface area contributed by atoms with Gasteiger partial charge in [0, 0.05) is 16.5 Å². The number of thiophene rings is 1. The number of rotatable bonds is 6. The van der Waals surface area contributed by atoms with Crippen molar-refractivity contribution in [1.82, 2.24) is 14.6 Å². The number of aromatic nitrogens is 2. The maximum absolute atomic E-state index is 13.2. The molecule has 1 aliphatic heterocycles. The summed E-state index contributed by atoms with van der Waals surface area (Å²) in [4.78, 5) is 27.9. The van der Waals surface area contributed by atoms with Crippen LogP contribution in [0, 0.1) is 0 Å². The quantitative estimate of drug-likeness (QED) is 0.587. The van der Waals surface area contributed by atoms with Gasteiger partial charge in [0.15, 0.2) is 15.7 Å². The number of benzene rings is 1. The van der Waals surface area contributed by atoms with Gasteiger partial charge in [-0.05, 0) is 17.9 Å². The second-order valence-corrected chi connectivity index (χ2v) is 10.1. The maximum atomic E-state index is 13.2. The lowest BCUT2D eigenvalue weighted by Gasteiger charge is -2.28. The van der Waals surface area contributed by atoms with E-state index in [4.69, 9.17) is 4.52 Å². The van der Waals surface area contributed by atoms with Crippen LogP contribution in [-0.4, -0.2) is 46.5 Å². The number of sulfone groups is 1. The number of nitrogens with zero attached hydrogens (tertiary/aromatic N) is 3. The zero-order valence-electron chi connectivity index (χ0n) is 15.4. The number of amides is 1. The van der Waals surface area contributed by atoms with Crippen LogP contribution < -0.4 is 5.76 Å². The molecule has 0 N–H and O–H groups in total. The predicted octanol–water partition coefficient (Wildman–Crippen LogP) is 1.78. The Kier molecular flexibility index (Phi) is 5.37. The third-order valence-corrected chi connectivity index (χ3v) is 7.50. The molecule has 8 nitrogen and oxygen atoms in total. The van der Waals surface area contributed by atoms with E-state index >= 15 is 0 Å². The monoisotopic (exact) mass is 433 g/mol. The molecule has 0 saturated carbocycles. The molecule has 0 spiro atoms. The molecule has 29 heavy (non-hydrogen) atoms. The van der Waals surface area contributed by atoms with Gasteiger partial charge < -0.3 is 4.90 Å². The van der Waals surface area contributed by atoms with Crippen LogP contribution in [0.15, 0.2) is 57.2 Å². The Hall–Kier alpha value is -2.72. The van der Waals surface area contributed by atoms with Crippen molar-refractivity contribution in [3.05, 3.63) is 63.3 Å². The van der Waals surface area contributed by atoms with Gasteiger partial charge in [0.1, 0.15) is 6.54 Å². The number of hydrogen-bond acceptors (Lipinski definition) is 7. The molecule has 152 valence electrons. The largest absolute Gasteiger partial charge is 0.442 e. The van der Waals surface area contributed by atoms with Crippen LogP contribution in [-0.2, 0) is 27.7 Å². The third-order valence-electron chi connectivity index (χ3n) is 4.89. The summed E-state index contributed by atoms with van der Waals surface area (Å²) in [5.74, 6) is -0.808. The van der Waals surface area contributed by atoms with Crippen molar-refractivity contribution < 1.29 is 17.7 Å². The van der Waals surface area contributed by atoms with Crippen molar-refractivity contribution in [3.8, 4) is 11.4 Å². The summed E-state index contributed by atoms with van der Waals surface area (Å²) in [5, 5.41) is 5.71. The van der Waals surface area contributed by atoms with E-state index in [-0.39, 0.29) is 29.8 Å². The highest BCUT2D eigenvalue weighted by molar-refractivity contribution is 7.91. The van der Waals surface area contributed by atoms with Crippen LogP contribution >= 0.6 is 11.3 Å². The fourth-order valence-electron chi connectivity index (χ4n) is 3.44. The molecular formula is C19H19N3O5S2. The summed E-state index contributed by atoms with van der Waals surface area (Å²) in [6, 6.07) is 12.3. The van der Waals surface area contributed by atoms with E-state index in [2.05, 4.69) is 5.16 Å². The second kappa shape index (κ2) is 7.96. The summed E-state index contributed by atoms with van der Waals surface area (Å²) in [6.07, 6.45) is 0.392. The molecule has 3 aromatic rings. The minimum atomic E-state index is -3.16. The number of hydrogen-bond donors (Lipinski definition) is 0. The Morgan fingerprint density at radius 3 is 2.69 bits per heavy atom. The first-order chi connectivity index (χ1) is 13.9. The first-order valence-electron chi connectivity index (χ1n) is 9.07. The topological polar surface area (TPSA) is 102 Å². The van der Waals surface area contributed by atoms with Gasteiger partial charge in [-0.2, -0.15) is 0 Å². The second-order valence-electron chi connectivity index (χ2n) is 6.88. The lowest BCUT2D eigenvalue weighted by Crippen LogP contribution is -2.43. The Bertz CT molecular complexity index is 1150. The Labute approximate surface area is 171 Å². The molecule has 0 bridgehead atoms. The van der Waals surface area contributed by atoms with Gasteiger partial charge >= 0.3 is 5.76 Å². The summed E-state index contributed by atoms with van der Waals surface area (Å²) < 4.78 is 29.9. The van der Waals surface area contributed by atoms with Crippen LogP contribution in [0.3, 0.4) is 0 Å². The van der Waals surface area contributed by atoms with E-state index in [1.807, 2.05) is 23.6 Å². The van der Waals surface area contributed by atoms with Crippen LogP contribution in [0.1, 0.15) is 11.3 Å². The fraction of sp³-hybridized carbons (Fsp3) is 0.316. The van der Waals surface area contributed by atoms with Gasteiger partial charge in [0.05, 0.1) is 18.1 Å². The highest BCUT2D eigenvalue weighted by Crippen LogP contribution is 2.23. The molecule has 1 fully saturated rings. The van der Waals surface area contributed by atoms with E-state index in [0.29, 0.717) is 18.5 Å². The average molecular weight is 434 g/mol. The molecule has 1 atom stereocenters. The highest BCUT2D eigenvalue weighted by atomic mass is 32.2. The van der Waals surface area contributed by atoms with Crippen molar-refractivity contribution in [1.29, 1.82) is 0 Å². The molecule has 0 radical (unpaired) electrons. The van der Waals surface area contributed by atoms with Gasteiger partial charge in [0.2, 0.25) is 5.91 Å². The molecule has 4 rings (SSSR count). The normalized spacial score (nSPS) is 18.0. The highest BCUT2D eigenvalue weighted by Gasteiger charge is 2.35. The van der Waals surface area contributed by atoms with Crippen molar-refractivity contribution >= 4 is 27.1 Å². The molecular weight excluding hydrogens is 414 g/mol. The molecule has 1 unspecified atom stereocenters. The summed E-state index contributed by atoms with van der Waals surface area (Å²) in [6.45, 7) is 0.0336. The van der Waals surface area contributed by atoms with Gasteiger partial charge in [-0.1, -0.05) is 41.6 Å². The van der Waals surface area contributed by atoms with Crippen molar-refractivity contribution in [2.75, 3.05) is 11.5 Å². The minimum Gasteiger partial charge on any atom is -0.332 e. The van der Waals surface area contributed by atoms with Gasteiger partial charge in [-0.3, -0.25) is 9.32 Å². The molecule has 2 aromatic heterocycles. The lowest BCUT2D eigenvalue weighted by atomic mass is 10.2. The van der Waals surface area contributed by atoms with Gasteiger partial charge in [-0.25, -0.2) is 17.8 Å². The predicted molar refractivity (Wildman–Crippen MR) is 108 cm³/mol. The first-order valence-corrected chi connectivity index (χ1v) is 11.8. The van der Waals surface area contributed by atoms with Crippen molar-refractivity contribution in [3.63, 3.8) is 0 Å². The smallest absolute Gasteiger partial charge is 0.332 e. The Morgan fingerprint density at radius 1 is 1.24 bits per heavy atom. The maximum Gasteiger partial charge on any atom is 0.442 e. The molecule has 1 aliphatic rings. The van der Waals surface area contributed by atoms with E-state index < -0.39 is 21.6 Å². The Balaban J connectivity index is 1.62. The Morgan fingerprint density at radius 2 is 2.03 bits per heavy atom. The third kappa shape index (κ3) is 4.33. The minimum absolute atomic E-state index is 0.0613. The van der Waals surface area contributed by atoms with Crippen molar-refractivity contribution in [2.45, 2.75) is 25.6 Å². The van der Waals surface area contributed by atoms with E-state index in [1.54, 1.807) is 29.2 Å². The van der Waals surface area contributed by atoms with Gasteiger partial charge in [-0.15, -0.1) is 11.3 Å². The molecule has 1 amide bonds. The molecule has 1 aromatic carbocycles. The number of carbonyl (C=O) groups excluding carboxylic acids is 1. The van der Waals surface area contributed by atoms with E-state index in [0.717, 1.165) is 4.88 Å². The van der Waals surface area contributed by atoms with Crippen LogP contribution in [0.25, 0.3) is 11.4 Å². The zero-order chi connectivity index (χ0) is 20.4. The summed E-state index contributed by atoms with van der Waals surface area (Å²) in [7, 11) is -3.16. The van der Waals surface area contributed by atoms with Crippen LogP contribution in [0.2, 0.25) is 0 Å². The molecule has 10 heteroatoms. The average Bonchev–Trinajstić information content (AvgIpc) is 3.42. The SMILES string of the molecule is O=C(Cn1c(-c2ccccc2)noc1=O)N(Cc1cccs1)C1CCS(=O)(=O)C1. The summed E-state index contributed by atoms with van der Waals surface area (Å²) >= 11 is 1.50. The lowest BCUT2D eigenvalue weighted by molar-refractivity contribution is -0.134. The molecule has 0 aliphatic carbocycles. The van der Waals surface area contributed by atoms with Crippen molar-refractivity contribution in [2.24, 2.45) is 0 Å². The number of carbonyl (C=O) groups is 1. The van der Waals surface area contributed by atoms with E-state index in [1.165, 1.54) is 15.9 Å².